The number of hydrogen-bond acceptors (Lipinski definition) is 4. The number of pyridine rings is 1. The maximum Gasteiger partial charge on any atom is 0.252 e. The molecule has 0 saturated heterocycles. The molecule has 0 spiro atoms. The summed E-state index contributed by atoms with van der Waals surface area (Å²) in [6.07, 6.45) is 3.70. The summed E-state index contributed by atoms with van der Waals surface area (Å²) in [6, 6.07) is 8.82. The summed E-state index contributed by atoms with van der Waals surface area (Å²) in [5.74, 6) is -0.976. The Bertz CT molecular complexity index is 670. The number of rotatable bonds is 6. The number of benzene rings is 1. The molecule has 0 unspecified atom stereocenters. The van der Waals surface area contributed by atoms with Crippen molar-refractivity contribution in [3.05, 3.63) is 59.4 Å². The molecule has 5 N–H and O–H groups in total. The zero-order valence-electron chi connectivity index (χ0n) is 11.4. The largest absolute Gasteiger partial charge is 0.384 e. The number of carbonyl (C=O) groups is 2. The van der Waals surface area contributed by atoms with Crippen molar-refractivity contribution in [3.8, 4) is 0 Å². The Morgan fingerprint density at radius 1 is 1.14 bits per heavy atom. The number of nitrogens with one attached hydrogen (secondary N) is 1. The number of carbonyl (C=O) groups excluding carboxylic acids is 2. The molecule has 108 valence electrons. The van der Waals surface area contributed by atoms with Gasteiger partial charge in [-0.1, -0.05) is 12.1 Å². The second kappa shape index (κ2) is 6.51. The van der Waals surface area contributed by atoms with E-state index < -0.39 is 11.8 Å². The normalized spacial score (nSPS) is 10.1. The first-order valence-corrected chi connectivity index (χ1v) is 6.44. The van der Waals surface area contributed by atoms with Gasteiger partial charge in [-0.2, -0.15) is 0 Å². The highest BCUT2D eigenvalue weighted by atomic mass is 16.1. The fraction of sp³-hybridized carbons (Fsp3) is 0.133. The fourth-order valence-electron chi connectivity index (χ4n) is 1.97. The zero-order valence-corrected chi connectivity index (χ0v) is 11.4. The first kappa shape index (κ1) is 14.5. The van der Waals surface area contributed by atoms with Gasteiger partial charge in [0.05, 0.1) is 11.3 Å². The molecule has 1 heterocycles. The Balaban J connectivity index is 2.00. The minimum absolute atomic E-state index is 0.350. The van der Waals surface area contributed by atoms with Crippen molar-refractivity contribution < 1.29 is 9.59 Å². The van der Waals surface area contributed by atoms with E-state index in [-0.39, 0.29) is 0 Å². The second-order valence-corrected chi connectivity index (χ2v) is 4.53. The topological polar surface area (TPSA) is 111 Å². The molecule has 0 bridgehead atoms. The summed E-state index contributed by atoms with van der Waals surface area (Å²) in [6.45, 7) is 0.590. The minimum atomic E-state index is -0.527. The smallest absolute Gasteiger partial charge is 0.252 e. The van der Waals surface area contributed by atoms with Gasteiger partial charge in [0.25, 0.3) is 5.91 Å². The van der Waals surface area contributed by atoms with Crippen LogP contribution in [0.25, 0.3) is 0 Å². The van der Waals surface area contributed by atoms with Crippen molar-refractivity contribution in [2.45, 2.75) is 6.42 Å². The monoisotopic (exact) mass is 284 g/mol. The van der Waals surface area contributed by atoms with E-state index in [0.717, 1.165) is 5.56 Å². The van der Waals surface area contributed by atoms with E-state index in [0.29, 0.717) is 29.8 Å². The first-order valence-electron chi connectivity index (χ1n) is 6.44. The Kier molecular flexibility index (Phi) is 4.50. The van der Waals surface area contributed by atoms with Crippen LogP contribution in [0.1, 0.15) is 26.3 Å². The highest BCUT2D eigenvalue weighted by molar-refractivity contribution is 5.98. The highest BCUT2D eigenvalue weighted by Crippen LogP contribution is 2.13. The van der Waals surface area contributed by atoms with Gasteiger partial charge in [0.1, 0.15) is 0 Å². The summed E-state index contributed by atoms with van der Waals surface area (Å²) in [4.78, 5) is 26.3. The van der Waals surface area contributed by atoms with Gasteiger partial charge in [-0.25, -0.2) is 0 Å². The predicted octanol–water partition coefficient (Wildman–Crippen LogP) is 0.934. The number of nitrogens with zero attached hydrogens (tertiary/aromatic N) is 1. The van der Waals surface area contributed by atoms with Crippen LogP contribution in [0.5, 0.6) is 0 Å². The Morgan fingerprint density at radius 2 is 1.95 bits per heavy atom. The average molecular weight is 284 g/mol. The van der Waals surface area contributed by atoms with E-state index in [4.69, 9.17) is 11.5 Å². The molecule has 1 aromatic heterocycles. The predicted molar refractivity (Wildman–Crippen MR) is 79.9 cm³/mol. The Labute approximate surface area is 122 Å². The maximum absolute atomic E-state index is 11.3. The standard InChI is InChI=1S/C15H16N4O2/c16-14(20)11-3-1-2-10(8-11)4-7-19-13-5-6-18-9-12(13)15(17)21/h1-3,5-6,8-9H,4,7H2,(H2,16,20)(H2,17,21)(H,18,19). The molecule has 6 nitrogen and oxygen atoms in total. The number of hydrogen-bond donors (Lipinski definition) is 3. The van der Waals surface area contributed by atoms with Crippen molar-refractivity contribution in [1.82, 2.24) is 4.98 Å². The van der Waals surface area contributed by atoms with Crippen LogP contribution in [0.15, 0.2) is 42.7 Å². The number of aromatic nitrogens is 1. The van der Waals surface area contributed by atoms with Gasteiger partial charge in [-0.05, 0) is 30.2 Å². The van der Waals surface area contributed by atoms with Crippen LogP contribution in [0.2, 0.25) is 0 Å². The fourth-order valence-corrected chi connectivity index (χ4v) is 1.97. The molecule has 0 saturated carbocycles. The molecule has 21 heavy (non-hydrogen) atoms. The third kappa shape index (κ3) is 3.79. The maximum atomic E-state index is 11.3. The third-order valence-corrected chi connectivity index (χ3v) is 3.03. The molecule has 2 amide bonds. The zero-order chi connectivity index (χ0) is 15.2. The lowest BCUT2D eigenvalue weighted by Crippen LogP contribution is -2.16. The molecular weight excluding hydrogens is 268 g/mol. The van der Waals surface area contributed by atoms with Gasteiger partial charge in [0, 0.05) is 24.5 Å². The Hall–Kier alpha value is -2.89. The highest BCUT2D eigenvalue weighted by Gasteiger charge is 2.07. The SMILES string of the molecule is NC(=O)c1cccc(CCNc2ccncc2C(N)=O)c1. The second-order valence-electron chi connectivity index (χ2n) is 4.53. The number of amides is 2. The van der Waals surface area contributed by atoms with Crippen LogP contribution >= 0.6 is 0 Å². The lowest BCUT2D eigenvalue weighted by Gasteiger charge is -2.09. The van der Waals surface area contributed by atoms with Gasteiger partial charge in [-0.3, -0.25) is 14.6 Å². The van der Waals surface area contributed by atoms with E-state index >= 15 is 0 Å². The van der Waals surface area contributed by atoms with Gasteiger partial charge < -0.3 is 16.8 Å². The molecule has 0 fully saturated rings. The van der Waals surface area contributed by atoms with Gasteiger partial charge >= 0.3 is 0 Å². The van der Waals surface area contributed by atoms with Crippen LogP contribution in [-0.4, -0.2) is 23.3 Å². The molecule has 0 aliphatic heterocycles. The molecule has 1 aromatic carbocycles. The van der Waals surface area contributed by atoms with E-state index in [1.807, 2.05) is 6.07 Å². The molecule has 0 aliphatic rings. The number of primary amides is 2. The molecule has 2 rings (SSSR count). The lowest BCUT2D eigenvalue weighted by molar-refractivity contribution is 0.0992. The van der Waals surface area contributed by atoms with E-state index in [2.05, 4.69) is 10.3 Å². The molecule has 2 aromatic rings. The third-order valence-electron chi connectivity index (χ3n) is 3.03. The van der Waals surface area contributed by atoms with E-state index in [9.17, 15) is 9.59 Å². The summed E-state index contributed by atoms with van der Waals surface area (Å²) < 4.78 is 0. The quantitative estimate of drug-likeness (QED) is 0.732. The Morgan fingerprint density at radius 3 is 2.67 bits per heavy atom. The molecular formula is C15H16N4O2. The van der Waals surface area contributed by atoms with Crippen LogP contribution < -0.4 is 16.8 Å². The first-order chi connectivity index (χ1) is 10.1. The van der Waals surface area contributed by atoms with Crippen molar-refractivity contribution in [3.63, 3.8) is 0 Å². The molecule has 0 radical (unpaired) electrons. The summed E-state index contributed by atoms with van der Waals surface area (Å²) in [7, 11) is 0. The lowest BCUT2D eigenvalue weighted by atomic mass is 10.1. The van der Waals surface area contributed by atoms with Gasteiger partial charge in [-0.15, -0.1) is 0 Å². The number of anilines is 1. The van der Waals surface area contributed by atoms with Crippen LogP contribution in [0, 0.1) is 0 Å². The van der Waals surface area contributed by atoms with Crippen molar-refractivity contribution >= 4 is 17.5 Å². The van der Waals surface area contributed by atoms with Crippen LogP contribution in [0.4, 0.5) is 5.69 Å². The van der Waals surface area contributed by atoms with Gasteiger partial charge in [0.15, 0.2) is 0 Å². The van der Waals surface area contributed by atoms with Crippen molar-refractivity contribution in [2.24, 2.45) is 11.5 Å². The minimum Gasteiger partial charge on any atom is -0.384 e. The number of nitrogens with two attached hydrogens (primary N) is 2. The van der Waals surface area contributed by atoms with Crippen molar-refractivity contribution in [1.29, 1.82) is 0 Å². The molecule has 0 atom stereocenters. The van der Waals surface area contributed by atoms with Gasteiger partial charge in [0.2, 0.25) is 5.91 Å². The van der Waals surface area contributed by atoms with Crippen LogP contribution in [0.3, 0.4) is 0 Å². The molecule has 0 aliphatic carbocycles. The summed E-state index contributed by atoms with van der Waals surface area (Å²) in [5, 5.41) is 3.13. The average Bonchev–Trinajstić information content (AvgIpc) is 2.48. The summed E-state index contributed by atoms with van der Waals surface area (Å²) in [5.41, 5.74) is 13.0. The van der Waals surface area contributed by atoms with Crippen molar-refractivity contribution in [2.75, 3.05) is 11.9 Å². The van der Waals surface area contributed by atoms with E-state index in [1.54, 1.807) is 30.5 Å². The van der Waals surface area contributed by atoms with E-state index in [1.165, 1.54) is 6.20 Å². The molecule has 6 heteroatoms. The van der Waals surface area contributed by atoms with Crippen LogP contribution in [-0.2, 0) is 6.42 Å². The summed E-state index contributed by atoms with van der Waals surface area (Å²) >= 11 is 0.